The van der Waals surface area contributed by atoms with Gasteiger partial charge in [-0.15, -0.1) is 10.2 Å². The number of aryl methyl sites for hydroxylation is 8. The second-order valence-electron chi connectivity index (χ2n) is 22.2. The Hall–Kier alpha value is -11.8. The van der Waals surface area contributed by atoms with Gasteiger partial charge in [-0.3, -0.25) is 54.2 Å². The van der Waals surface area contributed by atoms with E-state index in [0.29, 0.717) is 72.0 Å². The molecule has 0 radical (unpaired) electrons. The van der Waals surface area contributed by atoms with E-state index in [9.17, 15) is 23.2 Å². The van der Waals surface area contributed by atoms with E-state index in [2.05, 4.69) is 76.3 Å². The van der Waals surface area contributed by atoms with Crippen LogP contribution in [0.15, 0.2) is 184 Å². The molecule has 0 aliphatic rings. The fourth-order valence-electron chi connectivity index (χ4n) is 10.1. The van der Waals surface area contributed by atoms with Crippen molar-refractivity contribution in [3.63, 3.8) is 0 Å². The number of ketones is 2. The molecule has 4 aromatic carbocycles. The molecule has 0 saturated carbocycles. The van der Waals surface area contributed by atoms with Crippen LogP contribution in [0.4, 0.5) is 8.78 Å². The second kappa shape index (κ2) is 29.5. The van der Waals surface area contributed by atoms with Crippen LogP contribution in [0, 0.1) is 40.4 Å². The first-order valence-electron chi connectivity index (χ1n) is 30.0. The fourth-order valence-corrected chi connectivity index (χ4v) is 10.7. The van der Waals surface area contributed by atoms with Crippen molar-refractivity contribution in [3.8, 4) is 23.2 Å². The average molecular weight is 1350 g/mol. The maximum absolute atomic E-state index is 13.0. The van der Waals surface area contributed by atoms with E-state index in [1.165, 1.54) is 40.1 Å². The number of aromatic nitrogens is 16. The molecular formula is C70H60F2N18O5Se. The molecule has 0 unspecified atom stereocenters. The topological polar surface area (TPSA) is 300 Å². The number of pyridine rings is 4. The Morgan fingerprint density at radius 2 is 0.812 bits per heavy atom. The number of rotatable bonds is 14. The number of fused-ring (bicyclic) bond motifs is 4. The first-order chi connectivity index (χ1) is 46.3. The minimum absolute atomic E-state index is 0.0363. The molecule has 0 spiro atoms. The van der Waals surface area contributed by atoms with Crippen molar-refractivity contribution in [2.45, 2.75) is 52.4 Å². The van der Waals surface area contributed by atoms with Gasteiger partial charge in [0, 0.05) is 52.6 Å². The number of hydrogen-bond acceptors (Lipinski definition) is 19. The summed E-state index contributed by atoms with van der Waals surface area (Å²) in [5.41, 5.74) is 11.9. The number of nitrogens with one attached hydrogen (secondary N) is 2. The van der Waals surface area contributed by atoms with Crippen LogP contribution in [0.5, 0.6) is 0 Å². The zero-order valence-corrected chi connectivity index (χ0v) is 54.5. The quantitative estimate of drug-likeness (QED) is 0.0756. The van der Waals surface area contributed by atoms with Gasteiger partial charge in [0.1, 0.15) is 33.1 Å². The number of halogens is 2. The molecule has 0 amide bonds. The summed E-state index contributed by atoms with van der Waals surface area (Å²) in [4.78, 5) is 54.2. The molecule has 2 N–H and O–H groups in total. The van der Waals surface area contributed by atoms with Crippen LogP contribution in [0.2, 0.25) is 0 Å². The van der Waals surface area contributed by atoms with Crippen molar-refractivity contribution in [2.75, 3.05) is 0 Å². The van der Waals surface area contributed by atoms with Crippen LogP contribution in [0.3, 0.4) is 0 Å². The molecule has 0 bridgehead atoms. The molecular weight excluding hydrogens is 1290 g/mol. The van der Waals surface area contributed by atoms with Crippen molar-refractivity contribution < 1.29 is 27.2 Å². The number of carbonyl (C=O) groups is 2. The zero-order chi connectivity index (χ0) is 67.6. The van der Waals surface area contributed by atoms with Crippen molar-refractivity contribution >= 4 is 71.3 Å². The Morgan fingerprint density at radius 3 is 1.29 bits per heavy atom. The predicted octanol–water partition coefficient (Wildman–Crippen LogP) is 9.70. The van der Waals surface area contributed by atoms with Gasteiger partial charge in [-0.25, -0.2) is 4.39 Å². The van der Waals surface area contributed by atoms with Crippen LogP contribution >= 0.6 is 0 Å². The number of hydrogen-bond donors (Lipinski definition) is 2. The van der Waals surface area contributed by atoms with Gasteiger partial charge in [0.05, 0.1) is 23.0 Å². The number of nitrogens with zero attached hydrogens (tertiary/aromatic N) is 16. The molecule has 26 heteroatoms. The van der Waals surface area contributed by atoms with Gasteiger partial charge in [-0.05, 0) is 91.9 Å². The Balaban J connectivity index is 0.000000130. The van der Waals surface area contributed by atoms with Gasteiger partial charge < -0.3 is 4.42 Å². The maximum atomic E-state index is 13.0. The van der Waals surface area contributed by atoms with Crippen LogP contribution < -0.4 is 16.1 Å². The summed E-state index contributed by atoms with van der Waals surface area (Å²) in [7, 11) is 7.08. The van der Waals surface area contributed by atoms with Crippen LogP contribution in [0.25, 0.3) is 67.3 Å². The van der Waals surface area contributed by atoms with Crippen LogP contribution in [-0.4, -0.2) is 107 Å². The van der Waals surface area contributed by atoms with Crippen molar-refractivity contribution in [2.24, 2.45) is 28.2 Å². The predicted molar refractivity (Wildman–Crippen MR) is 354 cm³/mol. The molecule has 14 rings (SSSR count). The molecule has 10 heterocycles. The van der Waals surface area contributed by atoms with Gasteiger partial charge in [-0.2, -0.15) is 15.3 Å². The first-order valence-corrected chi connectivity index (χ1v) is 30.9. The van der Waals surface area contributed by atoms with E-state index in [1.54, 1.807) is 109 Å². The van der Waals surface area contributed by atoms with E-state index < -0.39 is 5.43 Å². The number of Topliss-reactive ketones (excluding diaryl/α,β-unsaturated/α-hetero) is 2. The molecule has 0 aliphatic carbocycles. The molecule has 14 aromatic rings. The Morgan fingerprint density at radius 1 is 0.448 bits per heavy atom. The van der Waals surface area contributed by atoms with Gasteiger partial charge >= 0.3 is 149 Å². The standard InChI is InChI=1S/C18H18N4O.C18H17N3O2.C17H13FN6O.C17H12FN5OSe/c1-12-5-7-13(8-6-12)9-10-15(23)18-16(19)17-14(22(2)21-18)4-3-11-20-17;1-12-5-7-13(8-6-12)9-10-15(22)17-18(23)16-14(21(2)20-17)4-3-11-19-16;1-24-12-3-2-8-20-15(12)14(19)16(23-24)17-22-21-13(25-17)9-10-4-6-11(18)7-5-10;1-23-12-3-2-8-19-14(12)16(25)15(22-23)17-21-20-13(24-17)9-10-4-6-11(18)7-5-10/h3-8,11,19H,9-10H2,1-2H3;3-8,11H,9-10H2,1-2H3;2-8,19H,9H2,1H3;2-8H,9H2,1H3. The van der Waals surface area contributed by atoms with Crippen molar-refractivity contribution in [3.05, 3.63) is 264 Å². The molecule has 0 atom stereocenters. The van der Waals surface area contributed by atoms with Gasteiger partial charge in [0.2, 0.25) is 11.3 Å². The number of benzene rings is 4. The normalized spacial score (nSPS) is 11.0. The molecule has 480 valence electrons. The SMILES string of the molecule is Cc1ccc(CCC(=O)c2nn(C)c3cccnc3c2=N)cc1.Cc1ccc(CCC(=O)c2nn(C)c3cccnc3c2=O)cc1.Cn1nc(-c2nnc(Cc3ccc(F)cc3)o2)c(=N)c2ncccc21.Cn1nc(-c2nnc(Cc3ccc(F)cc3)o2)c(=[Se])c2ncccc21. The minimum atomic E-state index is -0.396. The fraction of sp³-hybridized carbons (Fsp3) is 0.171. The summed E-state index contributed by atoms with van der Waals surface area (Å²) in [6.45, 7) is 4.05. The summed E-state index contributed by atoms with van der Waals surface area (Å²) in [5, 5.41) is 50.2. The Labute approximate surface area is 553 Å². The van der Waals surface area contributed by atoms with E-state index in [4.69, 9.17) is 19.7 Å². The van der Waals surface area contributed by atoms with Crippen LogP contribution in [0.1, 0.15) is 79.0 Å². The van der Waals surface area contributed by atoms with E-state index >= 15 is 0 Å². The van der Waals surface area contributed by atoms with Crippen molar-refractivity contribution in [1.29, 1.82) is 10.8 Å². The summed E-state index contributed by atoms with van der Waals surface area (Å²) >= 11 is 3.00. The van der Waals surface area contributed by atoms with Gasteiger partial charge in [0.15, 0.2) is 28.6 Å². The summed E-state index contributed by atoms with van der Waals surface area (Å²) in [6, 6.07) is 43.0. The second-order valence-corrected chi connectivity index (χ2v) is 23.1. The third-order valence-electron chi connectivity index (χ3n) is 15.3. The number of carbonyl (C=O) groups excluding carboxylic acids is 2. The third-order valence-corrected chi connectivity index (χ3v) is 16.1. The van der Waals surface area contributed by atoms with Crippen molar-refractivity contribution in [1.82, 2.24) is 79.5 Å². The zero-order valence-electron chi connectivity index (χ0n) is 52.8. The summed E-state index contributed by atoms with van der Waals surface area (Å²) in [5.74, 6) is 0.325. The van der Waals surface area contributed by atoms with Crippen LogP contribution in [-0.2, 0) is 53.9 Å². The molecule has 23 nitrogen and oxygen atoms in total. The summed E-state index contributed by atoms with van der Waals surface area (Å²) in [6.07, 6.45) is 9.13. The molecule has 96 heavy (non-hydrogen) atoms. The van der Waals surface area contributed by atoms with E-state index in [1.807, 2.05) is 93.7 Å². The summed E-state index contributed by atoms with van der Waals surface area (Å²) < 4.78 is 44.6. The molecule has 0 saturated heterocycles. The first kappa shape index (κ1) is 65.7. The third kappa shape index (κ3) is 15.3. The Kier molecular flexibility index (Phi) is 20.2. The monoisotopic (exact) mass is 1350 g/mol. The average Bonchev–Trinajstić information content (AvgIpc) is 1.21. The Bertz CT molecular complexity index is 5110. The molecule has 10 aromatic heterocycles. The molecule has 0 fully saturated rings. The van der Waals surface area contributed by atoms with Gasteiger partial charge in [-0.1, -0.05) is 71.8 Å². The van der Waals surface area contributed by atoms with Gasteiger partial charge in [0.25, 0.3) is 5.89 Å². The molecule has 0 aliphatic heterocycles. The van der Waals surface area contributed by atoms with E-state index in [0.717, 1.165) is 48.4 Å². The van der Waals surface area contributed by atoms with E-state index in [-0.39, 0.29) is 68.8 Å².